The Balaban J connectivity index is 1.58. The van der Waals surface area contributed by atoms with E-state index in [0.29, 0.717) is 44.2 Å². The zero-order chi connectivity index (χ0) is 19.9. The molecule has 0 saturated carbocycles. The van der Waals surface area contributed by atoms with Gasteiger partial charge in [0, 0.05) is 30.9 Å². The number of ether oxygens (including phenoxy) is 3. The highest BCUT2D eigenvalue weighted by Crippen LogP contribution is 2.21. The van der Waals surface area contributed by atoms with Gasteiger partial charge in [-0.25, -0.2) is 0 Å². The van der Waals surface area contributed by atoms with Crippen molar-refractivity contribution in [2.45, 2.75) is 45.3 Å². The summed E-state index contributed by atoms with van der Waals surface area (Å²) in [6, 6.07) is 5.39. The number of nitrogens with one attached hydrogen (secondary N) is 1. The third-order valence-corrected chi connectivity index (χ3v) is 5.30. The van der Waals surface area contributed by atoms with Crippen LogP contribution in [0.2, 0.25) is 0 Å². The number of nitrogens with zero attached hydrogens (tertiary/aromatic N) is 1. The van der Waals surface area contributed by atoms with E-state index in [1.807, 2.05) is 6.92 Å². The molecular formula is C21H30N2O5. The van der Waals surface area contributed by atoms with Gasteiger partial charge in [-0.2, -0.15) is 0 Å². The zero-order valence-corrected chi connectivity index (χ0v) is 16.7. The summed E-state index contributed by atoms with van der Waals surface area (Å²) < 4.78 is 16.7. The van der Waals surface area contributed by atoms with Crippen LogP contribution >= 0.6 is 0 Å². The lowest BCUT2D eigenvalue weighted by molar-refractivity contribution is -0.130. The van der Waals surface area contributed by atoms with E-state index in [4.69, 9.17) is 14.2 Å². The molecule has 2 atom stereocenters. The van der Waals surface area contributed by atoms with E-state index in [2.05, 4.69) is 5.32 Å². The van der Waals surface area contributed by atoms with Crippen LogP contribution in [0, 0.1) is 6.92 Å². The van der Waals surface area contributed by atoms with Crippen molar-refractivity contribution in [3.63, 3.8) is 0 Å². The van der Waals surface area contributed by atoms with Gasteiger partial charge in [-0.15, -0.1) is 0 Å². The van der Waals surface area contributed by atoms with E-state index in [9.17, 15) is 9.59 Å². The molecule has 154 valence electrons. The van der Waals surface area contributed by atoms with Gasteiger partial charge in [-0.05, 0) is 50.8 Å². The zero-order valence-electron chi connectivity index (χ0n) is 16.7. The number of carbonyl (C=O) groups is 2. The Morgan fingerprint density at radius 3 is 2.75 bits per heavy atom. The molecule has 1 aromatic rings. The summed E-state index contributed by atoms with van der Waals surface area (Å²) in [4.78, 5) is 27.1. The molecule has 0 bridgehead atoms. The van der Waals surface area contributed by atoms with Crippen molar-refractivity contribution in [2.24, 2.45) is 0 Å². The molecule has 0 aliphatic carbocycles. The van der Waals surface area contributed by atoms with Crippen molar-refractivity contribution >= 4 is 17.5 Å². The third kappa shape index (κ3) is 5.31. The second kappa shape index (κ2) is 10.0. The Kier molecular flexibility index (Phi) is 7.42. The predicted octanol–water partition coefficient (Wildman–Crippen LogP) is 2.38. The molecule has 3 rings (SSSR count). The maximum absolute atomic E-state index is 12.8. The van der Waals surface area contributed by atoms with Gasteiger partial charge in [-0.1, -0.05) is 6.07 Å². The van der Waals surface area contributed by atoms with Crippen LogP contribution in [0.25, 0.3) is 0 Å². The van der Waals surface area contributed by atoms with Crippen molar-refractivity contribution in [3.8, 4) is 0 Å². The molecule has 7 nitrogen and oxygen atoms in total. The second-order valence-corrected chi connectivity index (χ2v) is 7.34. The highest BCUT2D eigenvalue weighted by Gasteiger charge is 2.23. The minimum atomic E-state index is -0.594. The van der Waals surface area contributed by atoms with Gasteiger partial charge in [-0.3, -0.25) is 9.59 Å². The summed E-state index contributed by atoms with van der Waals surface area (Å²) in [6.45, 7) is 7.05. The van der Waals surface area contributed by atoms with Crippen LogP contribution in [-0.4, -0.2) is 68.4 Å². The molecular weight excluding hydrogens is 360 g/mol. The lowest BCUT2D eigenvalue weighted by Gasteiger charge is -2.27. The predicted molar refractivity (Wildman–Crippen MR) is 106 cm³/mol. The Morgan fingerprint density at radius 2 is 2.04 bits per heavy atom. The maximum atomic E-state index is 12.8. The lowest BCUT2D eigenvalue weighted by Crippen LogP contribution is -2.41. The van der Waals surface area contributed by atoms with Crippen LogP contribution in [0.4, 0.5) is 5.69 Å². The molecule has 2 heterocycles. The number of carbonyl (C=O) groups excluding carboxylic acids is 2. The molecule has 1 N–H and O–H groups in total. The molecule has 0 spiro atoms. The van der Waals surface area contributed by atoms with Crippen LogP contribution in [-0.2, 0) is 19.0 Å². The number of benzene rings is 1. The number of amides is 2. The van der Waals surface area contributed by atoms with Crippen molar-refractivity contribution in [3.05, 3.63) is 29.3 Å². The molecule has 2 amide bonds. The number of rotatable bonds is 6. The largest absolute Gasteiger partial charge is 0.378 e. The Morgan fingerprint density at radius 1 is 1.25 bits per heavy atom. The second-order valence-electron chi connectivity index (χ2n) is 7.34. The molecule has 2 unspecified atom stereocenters. The number of morpholine rings is 1. The van der Waals surface area contributed by atoms with Crippen molar-refractivity contribution in [2.75, 3.05) is 44.8 Å². The molecule has 2 saturated heterocycles. The van der Waals surface area contributed by atoms with E-state index < -0.39 is 6.10 Å². The fraction of sp³-hybridized carbons (Fsp3) is 0.619. The van der Waals surface area contributed by atoms with Crippen molar-refractivity contribution in [1.29, 1.82) is 0 Å². The van der Waals surface area contributed by atoms with Gasteiger partial charge in [0.2, 0.25) is 0 Å². The highest BCUT2D eigenvalue weighted by molar-refractivity contribution is 6.00. The fourth-order valence-electron chi connectivity index (χ4n) is 3.44. The summed E-state index contributed by atoms with van der Waals surface area (Å²) >= 11 is 0. The standard InChI is InChI=1S/C21H30N2O5/c1-15-18(21(25)23-9-12-26-13-10-23)7-5-8-19(15)22-20(24)16(2)28-14-17-6-3-4-11-27-17/h5,7-8,16-17H,3-4,6,9-14H2,1-2H3,(H,22,24). The van der Waals surface area contributed by atoms with Gasteiger partial charge in [0.05, 0.1) is 25.9 Å². The number of hydrogen-bond donors (Lipinski definition) is 1. The summed E-state index contributed by atoms with van der Waals surface area (Å²) in [5.41, 5.74) is 1.99. The maximum Gasteiger partial charge on any atom is 0.254 e. The summed E-state index contributed by atoms with van der Waals surface area (Å²) in [5, 5.41) is 2.90. The Hall–Kier alpha value is -1.96. The van der Waals surface area contributed by atoms with E-state index in [1.165, 1.54) is 0 Å². The lowest BCUT2D eigenvalue weighted by atomic mass is 10.0. The highest BCUT2D eigenvalue weighted by atomic mass is 16.5. The molecule has 2 aliphatic rings. The average molecular weight is 390 g/mol. The van der Waals surface area contributed by atoms with Gasteiger partial charge in [0.1, 0.15) is 6.10 Å². The van der Waals surface area contributed by atoms with Crippen molar-refractivity contribution < 1.29 is 23.8 Å². The van der Waals surface area contributed by atoms with Gasteiger partial charge < -0.3 is 24.4 Å². The van der Waals surface area contributed by atoms with Crippen LogP contribution in [0.5, 0.6) is 0 Å². The average Bonchev–Trinajstić information content (AvgIpc) is 2.74. The van der Waals surface area contributed by atoms with Crippen LogP contribution in [0.15, 0.2) is 18.2 Å². The first-order chi connectivity index (χ1) is 13.6. The molecule has 1 aromatic carbocycles. The number of anilines is 1. The van der Waals surface area contributed by atoms with Gasteiger partial charge in [0.15, 0.2) is 0 Å². The molecule has 2 aliphatic heterocycles. The topological polar surface area (TPSA) is 77.1 Å². The Bertz CT molecular complexity index is 681. The normalized spacial score (nSPS) is 21.2. The van der Waals surface area contributed by atoms with Crippen LogP contribution in [0.1, 0.15) is 42.1 Å². The molecule has 28 heavy (non-hydrogen) atoms. The molecule has 2 fully saturated rings. The van der Waals surface area contributed by atoms with Crippen LogP contribution < -0.4 is 5.32 Å². The van der Waals surface area contributed by atoms with Crippen LogP contribution in [0.3, 0.4) is 0 Å². The van der Waals surface area contributed by atoms with E-state index >= 15 is 0 Å². The first kappa shape index (κ1) is 20.8. The van der Waals surface area contributed by atoms with E-state index in [1.54, 1.807) is 30.0 Å². The molecule has 0 aromatic heterocycles. The third-order valence-electron chi connectivity index (χ3n) is 5.30. The number of hydrogen-bond acceptors (Lipinski definition) is 5. The van der Waals surface area contributed by atoms with Gasteiger partial charge in [0.25, 0.3) is 11.8 Å². The monoisotopic (exact) mass is 390 g/mol. The first-order valence-corrected chi connectivity index (χ1v) is 10.1. The minimum absolute atomic E-state index is 0.0318. The Labute approximate surface area is 166 Å². The quantitative estimate of drug-likeness (QED) is 0.807. The summed E-state index contributed by atoms with van der Waals surface area (Å²) in [6.07, 6.45) is 2.67. The van der Waals surface area contributed by atoms with E-state index in [-0.39, 0.29) is 17.9 Å². The van der Waals surface area contributed by atoms with E-state index in [0.717, 1.165) is 31.4 Å². The smallest absolute Gasteiger partial charge is 0.254 e. The van der Waals surface area contributed by atoms with Gasteiger partial charge >= 0.3 is 0 Å². The molecule has 0 radical (unpaired) electrons. The SMILES string of the molecule is Cc1c(NC(=O)C(C)OCC2CCCCO2)cccc1C(=O)N1CCOCC1. The van der Waals surface area contributed by atoms with Crippen molar-refractivity contribution in [1.82, 2.24) is 4.90 Å². The molecule has 7 heteroatoms. The summed E-state index contributed by atoms with van der Waals surface area (Å²) in [7, 11) is 0. The fourth-order valence-corrected chi connectivity index (χ4v) is 3.44. The summed E-state index contributed by atoms with van der Waals surface area (Å²) in [5.74, 6) is -0.259. The first-order valence-electron chi connectivity index (χ1n) is 10.1. The minimum Gasteiger partial charge on any atom is -0.378 e.